The van der Waals surface area contributed by atoms with Crippen molar-refractivity contribution in [2.45, 2.75) is 38.4 Å². The Morgan fingerprint density at radius 3 is 2.59 bits per heavy atom. The summed E-state index contributed by atoms with van der Waals surface area (Å²) in [6, 6.07) is 2.31. The van der Waals surface area contributed by atoms with Gasteiger partial charge in [-0.25, -0.2) is 23.4 Å². The van der Waals surface area contributed by atoms with Crippen LogP contribution in [0.5, 0.6) is 0 Å². The quantitative estimate of drug-likeness (QED) is 0.531. The lowest BCUT2D eigenvalue weighted by Crippen LogP contribution is -2.42. The number of fused-ring (bicyclic) bond motifs is 1. The van der Waals surface area contributed by atoms with Crippen LogP contribution in [0.2, 0.25) is 0 Å². The SMILES string of the molecule is O=C1CC2(CCN(c3cnc4cnn(CC(F)F)c4n3)CC2)CN1c1ccnc(C(F)(F)F)c1. The number of hydrogen-bond acceptors (Lipinski definition) is 6. The van der Waals surface area contributed by atoms with E-state index >= 15 is 0 Å². The van der Waals surface area contributed by atoms with E-state index in [1.807, 2.05) is 4.90 Å². The average molecular weight is 481 g/mol. The fraction of sp³-hybridized carbons (Fsp3) is 0.476. The van der Waals surface area contributed by atoms with Crippen molar-refractivity contribution in [2.24, 2.45) is 5.41 Å². The smallest absolute Gasteiger partial charge is 0.355 e. The third-order valence-corrected chi connectivity index (χ3v) is 6.46. The van der Waals surface area contributed by atoms with E-state index in [0.717, 1.165) is 16.9 Å². The molecule has 5 heterocycles. The molecule has 2 saturated heterocycles. The number of hydrogen-bond donors (Lipinski definition) is 0. The number of rotatable bonds is 4. The van der Waals surface area contributed by atoms with Gasteiger partial charge in [0.05, 0.1) is 12.4 Å². The molecule has 34 heavy (non-hydrogen) atoms. The van der Waals surface area contributed by atoms with Gasteiger partial charge in [-0.3, -0.25) is 9.78 Å². The molecule has 0 saturated carbocycles. The average Bonchev–Trinajstić information content (AvgIpc) is 3.33. The minimum Gasteiger partial charge on any atom is -0.355 e. The molecule has 0 unspecified atom stereocenters. The van der Waals surface area contributed by atoms with Crippen molar-refractivity contribution in [3.8, 4) is 0 Å². The van der Waals surface area contributed by atoms with Gasteiger partial charge in [0.1, 0.15) is 23.6 Å². The molecule has 0 bridgehead atoms. The first-order chi connectivity index (χ1) is 16.1. The lowest BCUT2D eigenvalue weighted by molar-refractivity contribution is -0.141. The van der Waals surface area contributed by atoms with Gasteiger partial charge in [-0.05, 0) is 25.0 Å². The van der Waals surface area contributed by atoms with Crippen LogP contribution in [0.1, 0.15) is 25.0 Å². The van der Waals surface area contributed by atoms with Crippen LogP contribution in [-0.2, 0) is 17.5 Å². The van der Waals surface area contributed by atoms with E-state index in [1.54, 1.807) is 6.20 Å². The number of anilines is 2. The Kier molecular flexibility index (Phi) is 5.36. The van der Waals surface area contributed by atoms with E-state index in [0.29, 0.717) is 43.8 Å². The Balaban J connectivity index is 1.30. The molecular formula is C21H20F5N7O. The third kappa shape index (κ3) is 4.14. The van der Waals surface area contributed by atoms with E-state index in [4.69, 9.17) is 0 Å². The van der Waals surface area contributed by atoms with Crippen LogP contribution < -0.4 is 9.80 Å². The van der Waals surface area contributed by atoms with Crippen molar-refractivity contribution in [1.82, 2.24) is 24.7 Å². The Bertz CT molecular complexity index is 1220. The van der Waals surface area contributed by atoms with Crippen molar-refractivity contribution < 1.29 is 26.7 Å². The van der Waals surface area contributed by atoms with Gasteiger partial charge in [0.25, 0.3) is 6.43 Å². The van der Waals surface area contributed by atoms with Crippen molar-refractivity contribution in [3.05, 3.63) is 36.4 Å². The van der Waals surface area contributed by atoms with Gasteiger partial charge in [0.2, 0.25) is 5.91 Å². The fourth-order valence-corrected chi connectivity index (χ4v) is 4.67. The van der Waals surface area contributed by atoms with Crippen LogP contribution in [0.3, 0.4) is 0 Å². The molecule has 8 nitrogen and oxygen atoms in total. The monoisotopic (exact) mass is 481 g/mol. The highest BCUT2D eigenvalue weighted by Crippen LogP contribution is 2.43. The Labute approximate surface area is 190 Å². The summed E-state index contributed by atoms with van der Waals surface area (Å²) in [6.45, 7) is 0.851. The zero-order chi connectivity index (χ0) is 24.1. The van der Waals surface area contributed by atoms with E-state index in [2.05, 4.69) is 20.1 Å². The standard InChI is InChI=1S/C21H20F5N7O/c22-16(23)11-33-19-14(9-29-33)28-10-17(30-19)31-5-2-20(3-6-31)8-18(34)32(12-20)13-1-4-27-15(7-13)21(24,25)26/h1,4,7,9-10,16H,2-3,5-6,8,11-12H2. The number of halogens is 5. The Morgan fingerprint density at radius 1 is 1.12 bits per heavy atom. The summed E-state index contributed by atoms with van der Waals surface area (Å²) in [7, 11) is 0. The molecule has 2 aliphatic heterocycles. The number of aromatic nitrogens is 5. The molecule has 0 radical (unpaired) electrons. The first-order valence-corrected chi connectivity index (χ1v) is 10.7. The van der Waals surface area contributed by atoms with E-state index in [-0.39, 0.29) is 29.1 Å². The molecular weight excluding hydrogens is 461 g/mol. The van der Waals surface area contributed by atoms with Gasteiger partial charge in [0.15, 0.2) is 5.65 Å². The molecule has 0 N–H and O–H groups in total. The maximum absolute atomic E-state index is 13.0. The molecule has 1 amide bonds. The van der Waals surface area contributed by atoms with Gasteiger partial charge in [-0.2, -0.15) is 18.3 Å². The number of piperidine rings is 1. The van der Waals surface area contributed by atoms with Gasteiger partial charge < -0.3 is 9.80 Å². The fourth-order valence-electron chi connectivity index (χ4n) is 4.67. The van der Waals surface area contributed by atoms with Gasteiger partial charge in [-0.1, -0.05) is 0 Å². The van der Waals surface area contributed by atoms with Crippen LogP contribution in [0.4, 0.5) is 33.5 Å². The second-order valence-corrected chi connectivity index (χ2v) is 8.70. The first-order valence-electron chi connectivity index (χ1n) is 10.7. The van der Waals surface area contributed by atoms with Crippen LogP contribution in [-0.4, -0.2) is 56.7 Å². The highest BCUT2D eigenvalue weighted by Gasteiger charge is 2.46. The zero-order valence-electron chi connectivity index (χ0n) is 17.8. The number of pyridine rings is 1. The highest BCUT2D eigenvalue weighted by molar-refractivity contribution is 5.96. The maximum atomic E-state index is 13.0. The Morgan fingerprint density at radius 2 is 1.88 bits per heavy atom. The van der Waals surface area contributed by atoms with Crippen molar-refractivity contribution in [3.63, 3.8) is 0 Å². The third-order valence-electron chi connectivity index (χ3n) is 6.46. The number of carbonyl (C=O) groups is 1. The van der Waals surface area contributed by atoms with E-state index in [1.165, 1.54) is 17.2 Å². The second-order valence-electron chi connectivity index (χ2n) is 8.70. The van der Waals surface area contributed by atoms with Crippen LogP contribution in [0, 0.1) is 5.41 Å². The van der Waals surface area contributed by atoms with Crippen molar-refractivity contribution in [2.75, 3.05) is 29.4 Å². The maximum Gasteiger partial charge on any atom is 0.433 e. The molecule has 3 aromatic heterocycles. The largest absolute Gasteiger partial charge is 0.433 e. The highest BCUT2D eigenvalue weighted by atomic mass is 19.4. The number of carbonyl (C=O) groups excluding carboxylic acids is 1. The molecule has 0 atom stereocenters. The lowest BCUT2D eigenvalue weighted by atomic mass is 9.77. The summed E-state index contributed by atoms with van der Waals surface area (Å²) in [4.78, 5) is 28.2. The predicted octanol–water partition coefficient (Wildman–Crippen LogP) is 3.53. The topological polar surface area (TPSA) is 80.0 Å². The zero-order valence-corrected chi connectivity index (χ0v) is 17.8. The lowest BCUT2D eigenvalue weighted by Gasteiger charge is -2.39. The first kappa shape index (κ1) is 22.4. The second kappa shape index (κ2) is 8.13. The molecule has 0 aliphatic carbocycles. The normalized spacial score (nSPS) is 18.6. The Hall–Kier alpha value is -3.38. The van der Waals surface area contributed by atoms with Gasteiger partial charge in [-0.15, -0.1) is 0 Å². The number of amides is 1. The van der Waals surface area contributed by atoms with Crippen LogP contribution in [0.15, 0.2) is 30.7 Å². The summed E-state index contributed by atoms with van der Waals surface area (Å²) >= 11 is 0. The van der Waals surface area contributed by atoms with Crippen molar-refractivity contribution >= 4 is 28.6 Å². The number of alkyl halides is 5. The summed E-state index contributed by atoms with van der Waals surface area (Å²) in [5, 5.41) is 3.92. The number of nitrogens with zero attached hydrogens (tertiary/aromatic N) is 7. The van der Waals surface area contributed by atoms with Crippen LogP contribution >= 0.6 is 0 Å². The molecule has 13 heteroatoms. The molecule has 0 aromatic carbocycles. The molecule has 3 aromatic rings. The minimum absolute atomic E-state index is 0.190. The minimum atomic E-state index is -4.59. The molecule has 2 fully saturated rings. The molecule has 5 rings (SSSR count). The van der Waals surface area contributed by atoms with Gasteiger partial charge in [0, 0.05) is 43.4 Å². The summed E-state index contributed by atoms with van der Waals surface area (Å²) in [5.74, 6) is 0.313. The summed E-state index contributed by atoms with van der Waals surface area (Å²) in [5.41, 5.74) is -0.502. The van der Waals surface area contributed by atoms with Crippen molar-refractivity contribution in [1.29, 1.82) is 0 Å². The van der Waals surface area contributed by atoms with E-state index < -0.39 is 24.8 Å². The van der Waals surface area contributed by atoms with E-state index in [9.17, 15) is 26.7 Å². The van der Waals surface area contributed by atoms with Crippen LogP contribution in [0.25, 0.3) is 11.2 Å². The predicted molar refractivity (Wildman–Crippen MR) is 111 cm³/mol. The summed E-state index contributed by atoms with van der Waals surface area (Å²) < 4.78 is 65.9. The summed E-state index contributed by atoms with van der Waals surface area (Å²) in [6.07, 6.45) is -1.64. The molecule has 1 spiro atoms. The van der Waals surface area contributed by atoms with Gasteiger partial charge >= 0.3 is 6.18 Å². The molecule has 180 valence electrons. The molecule has 2 aliphatic rings.